The van der Waals surface area contributed by atoms with Gasteiger partial charge in [-0.05, 0) is 25.0 Å². The van der Waals surface area contributed by atoms with Crippen LogP contribution in [0.5, 0.6) is 0 Å². The van der Waals surface area contributed by atoms with Crippen LogP contribution in [0.4, 0.5) is 0 Å². The molecule has 136 valence electrons. The van der Waals surface area contributed by atoms with Crippen LogP contribution in [0, 0.1) is 5.92 Å². The molecule has 0 aliphatic carbocycles. The Morgan fingerprint density at radius 3 is 2.27 bits per heavy atom. The van der Waals surface area contributed by atoms with Gasteiger partial charge in [0.2, 0.25) is 0 Å². The van der Waals surface area contributed by atoms with Crippen LogP contribution in [0.2, 0.25) is 0 Å². The predicted molar refractivity (Wildman–Crippen MR) is 96.7 cm³/mol. The van der Waals surface area contributed by atoms with Gasteiger partial charge in [-0.3, -0.25) is 4.84 Å². The number of esters is 1. The summed E-state index contributed by atoms with van der Waals surface area (Å²) < 4.78 is 5.54. The van der Waals surface area contributed by atoms with Crippen molar-refractivity contribution in [3.05, 3.63) is 71.8 Å². The van der Waals surface area contributed by atoms with E-state index < -0.39 is 23.5 Å². The van der Waals surface area contributed by atoms with Crippen molar-refractivity contribution in [1.82, 2.24) is 5.06 Å². The van der Waals surface area contributed by atoms with E-state index in [1.165, 1.54) is 0 Å². The lowest BCUT2D eigenvalue weighted by Gasteiger charge is -2.32. The molecular formula is C21H23NO4. The number of hydrogen-bond donors (Lipinski definition) is 0. The normalized spacial score (nSPS) is 25.8. The molecule has 0 radical (unpaired) electrons. The first kappa shape index (κ1) is 18.3. The molecule has 0 saturated carbocycles. The third kappa shape index (κ3) is 3.54. The maximum Gasteiger partial charge on any atom is 0.329 e. The summed E-state index contributed by atoms with van der Waals surface area (Å²) in [4.78, 5) is 30.5. The SMILES string of the molecule is C[C@H]1ON(Cc2ccccc2)[C@@](C)(C(=O)OCc2ccccc2)[C@@H]1C=O. The molecule has 0 spiro atoms. The van der Waals surface area contributed by atoms with E-state index in [9.17, 15) is 9.59 Å². The van der Waals surface area contributed by atoms with Crippen molar-refractivity contribution >= 4 is 12.3 Å². The third-order valence-corrected chi connectivity index (χ3v) is 4.91. The molecule has 2 aromatic carbocycles. The molecule has 3 atom stereocenters. The van der Waals surface area contributed by atoms with Gasteiger partial charge in [0.05, 0.1) is 18.6 Å². The molecule has 5 heteroatoms. The van der Waals surface area contributed by atoms with Crippen molar-refractivity contribution in [1.29, 1.82) is 0 Å². The molecule has 1 aliphatic rings. The van der Waals surface area contributed by atoms with E-state index in [1.54, 1.807) is 18.9 Å². The molecule has 5 nitrogen and oxygen atoms in total. The van der Waals surface area contributed by atoms with Crippen LogP contribution in [-0.2, 0) is 32.3 Å². The molecule has 2 aromatic rings. The van der Waals surface area contributed by atoms with Gasteiger partial charge in [0.25, 0.3) is 0 Å². The van der Waals surface area contributed by atoms with Crippen LogP contribution < -0.4 is 0 Å². The largest absolute Gasteiger partial charge is 0.459 e. The predicted octanol–water partition coefficient (Wildman–Crippen LogP) is 3.14. The average molecular weight is 353 g/mol. The van der Waals surface area contributed by atoms with E-state index in [1.807, 2.05) is 60.7 Å². The van der Waals surface area contributed by atoms with Crippen LogP contribution in [0.15, 0.2) is 60.7 Å². The van der Waals surface area contributed by atoms with Gasteiger partial charge in [0.1, 0.15) is 12.9 Å². The minimum Gasteiger partial charge on any atom is -0.459 e. The highest BCUT2D eigenvalue weighted by Crippen LogP contribution is 2.38. The van der Waals surface area contributed by atoms with Gasteiger partial charge < -0.3 is 9.53 Å². The first-order valence-corrected chi connectivity index (χ1v) is 8.70. The maximum absolute atomic E-state index is 13.0. The summed E-state index contributed by atoms with van der Waals surface area (Å²) in [5.41, 5.74) is 0.716. The average Bonchev–Trinajstić information content (AvgIpc) is 2.91. The van der Waals surface area contributed by atoms with Crippen molar-refractivity contribution in [2.24, 2.45) is 5.92 Å². The van der Waals surface area contributed by atoms with Crippen LogP contribution in [0.1, 0.15) is 25.0 Å². The summed E-state index contributed by atoms with van der Waals surface area (Å²) in [5.74, 6) is -1.06. The summed E-state index contributed by atoms with van der Waals surface area (Å²) in [7, 11) is 0. The van der Waals surface area contributed by atoms with Gasteiger partial charge >= 0.3 is 5.97 Å². The van der Waals surface area contributed by atoms with Gasteiger partial charge in [-0.15, -0.1) is 0 Å². The van der Waals surface area contributed by atoms with Crippen molar-refractivity contribution in [2.45, 2.75) is 38.6 Å². The van der Waals surface area contributed by atoms with Crippen LogP contribution >= 0.6 is 0 Å². The van der Waals surface area contributed by atoms with Crippen molar-refractivity contribution in [3.63, 3.8) is 0 Å². The van der Waals surface area contributed by atoms with Crippen molar-refractivity contribution in [3.8, 4) is 0 Å². The highest BCUT2D eigenvalue weighted by molar-refractivity contribution is 5.85. The molecule has 26 heavy (non-hydrogen) atoms. The molecule has 1 saturated heterocycles. The van der Waals surface area contributed by atoms with Crippen LogP contribution in [0.25, 0.3) is 0 Å². The number of carbonyl (C=O) groups is 2. The van der Waals surface area contributed by atoms with Gasteiger partial charge in [0, 0.05) is 0 Å². The highest BCUT2D eigenvalue weighted by atomic mass is 16.7. The zero-order valence-electron chi connectivity index (χ0n) is 15.0. The zero-order chi connectivity index (χ0) is 18.6. The van der Waals surface area contributed by atoms with E-state index in [0.29, 0.717) is 6.54 Å². The van der Waals surface area contributed by atoms with Crippen molar-refractivity contribution in [2.75, 3.05) is 0 Å². The second-order valence-electron chi connectivity index (χ2n) is 6.70. The summed E-state index contributed by atoms with van der Waals surface area (Å²) in [6.07, 6.45) is 0.393. The Hall–Kier alpha value is -2.50. The Morgan fingerprint density at radius 1 is 1.12 bits per heavy atom. The quantitative estimate of drug-likeness (QED) is 0.590. The second kappa shape index (κ2) is 7.81. The molecule has 1 fully saturated rings. The molecule has 0 aromatic heterocycles. The minimum atomic E-state index is -1.17. The van der Waals surface area contributed by atoms with E-state index in [0.717, 1.165) is 17.4 Å². The summed E-state index contributed by atoms with van der Waals surface area (Å²) in [6, 6.07) is 19.2. The molecule has 1 heterocycles. The Morgan fingerprint density at radius 2 is 1.69 bits per heavy atom. The topological polar surface area (TPSA) is 55.8 Å². The van der Waals surface area contributed by atoms with Gasteiger partial charge in [-0.1, -0.05) is 60.7 Å². The van der Waals surface area contributed by atoms with E-state index in [4.69, 9.17) is 9.57 Å². The number of nitrogens with zero attached hydrogens (tertiary/aromatic N) is 1. The Labute approximate surface area is 153 Å². The number of hydrogen-bond acceptors (Lipinski definition) is 5. The fraction of sp³-hybridized carbons (Fsp3) is 0.333. The lowest BCUT2D eigenvalue weighted by molar-refractivity contribution is -0.205. The standard InChI is InChI=1S/C21H23NO4/c1-16-19(14-23)21(2,20(24)25-15-18-11-7-4-8-12-18)22(26-16)13-17-9-5-3-6-10-17/h3-12,14,16,19H,13,15H2,1-2H3/t16-,19-,21-/m1/s1. The van der Waals surface area contributed by atoms with E-state index in [-0.39, 0.29) is 6.61 Å². The molecule has 0 bridgehead atoms. The monoisotopic (exact) mass is 353 g/mol. The molecule has 0 amide bonds. The maximum atomic E-state index is 13.0. The van der Waals surface area contributed by atoms with Gasteiger partial charge in [-0.2, -0.15) is 5.06 Å². The number of aldehydes is 1. The number of hydroxylamine groups is 2. The number of rotatable bonds is 6. The first-order valence-electron chi connectivity index (χ1n) is 8.70. The summed E-state index contributed by atoms with van der Waals surface area (Å²) in [6.45, 7) is 4.07. The minimum absolute atomic E-state index is 0.161. The Balaban J connectivity index is 1.80. The highest BCUT2D eigenvalue weighted by Gasteiger charge is 2.57. The fourth-order valence-electron chi connectivity index (χ4n) is 3.30. The molecule has 0 unspecified atom stereocenters. The number of ether oxygens (including phenoxy) is 1. The molecular weight excluding hydrogens is 330 g/mol. The van der Waals surface area contributed by atoms with Crippen molar-refractivity contribution < 1.29 is 19.2 Å². The molecule has 0 N–H and O–H groups in total. The Bertz CT molecular complexity index is 749. The van der Waals surface area contributed by atoms with E-state index >= 15 is 0 Å². The first-order chi connectivity index (χ1) is 12.6. The number of benzene rings is 2. The van der Waals surface area contributed by atoms with Crippen LogP contribution in [0.3, 0.4) is 0 Å². The fourth-order valence-corrected chi connectivity index (χ4v) is 3.30. The third-order valence-electron chi connectivity index (χ3n) is 4.91. The zero-order valence-corrected chi connectivity index (χ0v) is 15.0. The molecule has 1 aliphatic heterocycles. The summed E-state index contributed by atoms with van der Waals surface area (Å²) in [5, 5.41) is 1.58. The lowest BCUT2D eigenvalue weighted by atomic mass is 9.84. The van der Waals surface area contributed by atoms with E-state index in [2.05, 4.69) is 0 Å². The second-order valence-corrected chi connectivity index (χ2v) is 6.70. The molecule has 3 rings (SSSR count). The Kier molecular flexibility index (Phi) is 5.49. The van der Waals surface area contributed by atoms with Crippen LogP contribution in [-0.4, -0.2) is 29.0 Å². The summed E-state index contributed by atoms with van der Waals surface area (Å²) >= 11 is 0. The van der Waals surface area contributed by atoms with Gasteiger partial charge in [0.15, 0.2) is 5.54 Å². The lowest BCUT2D eigenvalue weighted by Crippen LogP contribution is -2.53. The van der Waals surface area contributed by atoms with Gasteiger partial charge in [-0.25, -0.2) is 4.79 Å². The number of carbonyl (C=O) groups excluding carboxylic acids is 2. The smallest absolute Gasteiger partial charge is 0.329 e.